The van der Waals surface area contributed by atoms with Gasteiger partial charge in [0.25, 0.3) is 5.91 Å². The van der Waals surface area contributed by atoms with Crippen molar-refractivity contribution in [2.75, 3.05) is 10.7 Å². The zero-order valence-corrected chi connectivity index (χ0v) is 19.0. The smallest absolute Gasteiger partial charge is 0.261 e. The summed E-state index contributed by atoms with van der Waals surface area (Å²) in [6.45, 7) is 6.76. The van der Waals surface area contributed by atoms with Gasteiger partial charge in [-0.05, 0) is 48.4 Å². The molecule has 4 aromatic rings. The first-order valence-corrected chi connectivity index (χ1v) is 11.8. The molecule has 0 saturated heterocycles. The lowest BCUT2D eigenvalue weighted by Crippen LogP contribution is -2.30. The van der Waals surface area contributed by atoms with Crippen molar-refractivity contribution in [1.29, 1.82) is 0 Å². The second-order valence-electron chi connectivity index (χ2n) is 7.18. The molecular weight excluding hydrogens is 408 g/mol. The summed E-state index contributed by atoms with van der Waals surface area (Å²) in [5.41, 5.74) is 5.12. The molecule has 0 spiro atoms. The van der Waals surface area contributed by atoms with Crippen LogP contribution in [0.15, 0.2) is 71.6 Å². The van der Waals surface area contributed by atoms with Gasteiger partial charge in [-0.3, -0.25) is 9.69 Å². The summed E-state index contributed by atoms with van der Waals surface area (Å²) in [7, 11) is 0. The van der Waals surface area contributed by atoms with Gasteiger partial charge < -0.3 is 0 Å². The van der Waals surface area contributed by atoms with Crippen molar-refractivity contribution in [2.24, 2.45) is 0 Å². The van der Waals surface area contributed by atoms with Gasteiger partial charge in [-0.15, -0.1) is 11.8 Å². The van der Waals surface area contributed by atoms with Crippen molar-refractivity contribution < 1.29 is 4.79 Å². The third kappa shape index (κ3) is 4.13. The summed E-state index contributed by atoms with van der Waals surface area (Å²) in [5, 5.41) is 0.743. The van der Waals surface area contributed by atoms with Crippen LogP contribution in [0.5, 0.6) is 0 Å². The van der Waals surface area contributed by atoms with Crippen LogP contribution in [0.25, 0.3) is 10.2 Å². The Morgan fingerprint density at radius 2 is 1.67 bits per heavy atom. The highest BCUT2D eigenvalue weighted by atomic mass is 32.2. The molecule has 0 aliphatic heterocycles. The second kappa shape index (κ2) is 9.02. The summed E-state index contributed by atoms with van der Waals surface area (Å²) in [6.07, 6.45) is 0. The SMILES string of the molecule is CCSc1ccccc1C(=O)N(Cc1ccccc1)c1nc2c(C)ccc(C)c2s1. The molecule has 0 fully saturated rings. The Bertz CT molecular complexity index is 1150. The van der Waals surface area contributed by atoms with E-state index in [1.165, 1.54) is 5.56 Å². The number of carbonyl (C=O) groups excluding carboxylic acids is 1. The maximum atomic E-state index is 13.8. The Kier molecular flexibility index (Phi) is 6.21. The van der Waals surface area contributed by atoms with Gasteiger partial charge in [-0.1, -0.05) is 72.9 Å². The Labute approximate surface area is 185 Å². The number of aromatic nitrogens is 1. The number of thioether (sulfide) groups is 1. The van der Waals surface area contributed by atoms with E-state index in [-0.39, 0.29) is 5.91 Å². The summed E-state index contributed by atoms with van der Waals surface area (Å²) in [5.74, 6) is 0.910. The van der Waals surface area contributed by atoms with E-state index in [4.69, 9.17) is 4.98 Å². The van der Waals surface area contributed by atoms with Crippen LogP contribution in [-0.4, -0.2) is 16.6 Å². The lowest BCUT2D eigenvalue weighted by atomic mass is 10.1. The number of nitrogens with zero attached hydrogens (tertiary/aromatic N) is 2. The van der Waals surface area contributed by atoms with Crippen molar-refractivity contribution in [3.8, 4) is 0 Å². The molecule has 0 bridgehead atoms. The number of anilines is 1. The number of fused-ring (bicyclic) bond motifs is 1. The number of thiazole rings is 1. The first-order chi connectivity index (χ1) is 14.6. The van der Waals surface area contributed by atoms with Crippen LogP contribution in [0.3, 0.4) is 0 Å². The van der Waals surface area contributed by atoms with Crippen molar-refractivity contribution in [2.45, 2.75) is 32.2 Å². The fraction of sp³-hybridized carbons (Fsp3) is 0.200. The normalized spacial score (nSPS) is 11.0. The topological polar surface area (TPSA) is 33.2 Å². The van der Waals surface area contributed by atoms with Gasteiger partial charge in [0.2, 0.25) is 0 Å². The maximum Gasteiger partial charge on any atom is 0.261 e. The quantitative estimate of drug-likeness (QED) is 0.312. The van der Waals surface area contributed by atoms with Crippen LogP contribution >= 0.6 is 23.1 Å². The minimum Gasteiger partial charge on any atom is -0.279 e. The minimum absolute atomic E-state index is 0.00948. The lowest BCUT2D eigenvalue weighted by molar-refractivity contribution is 0.0982. The fourth-order valence-corrected chi connectivity index (χ4v) is 5.33. The molecule has 152 valence electrons. The Balaban J connectivity index is 1.82. The fourth-order valence-electron chi connectivity index (χ4n) is 3.43. The van der Waals surface area contributed by atoms with Crippen LogP contribution in [0.2, 0.25) is 0 Å². The van der Waals surface area contributed by atoms with Gasteiger partial charge in [0.05, 0.1) is 22.3 Å². The van der Waals surface area contributed by atoms with E-state index in [1.54, 1.807) is 23.1 Å². The molecule has 3 aromatic carbocycles. The van der Waals surface area contributed by atoms with Gasteiger partial charge >= 0.3 is 0 Å². The molecule has 0 radical (unpaired) electrons. The third-order valence-corrected chi connectivity index (χ3v) is 7.18. The molecule has 4 rings (SSSR count). The highest BCUT2D eigenvalue weighted by Crippen LogP contribution is 2.35. The van der Waals surface area contributed by atoms with Crippen LogP contribution in [0.4, 0.5) is 5.13 Å². The van der Waals surface area contributed by atoms with E-state index in [0.717, 1.165) is 42.7 Å². The van der Waals surface area contributed by atoms with Crippen LogP contribution in [0.1, 0.15) is 34.0 Å². The predicted octanol–water partition coefficient (Wildman–Crippen LogP) is 6.87. The minimum atomic E-state index is -0.00948. The third-order valence-electron chi connectivity index (χ3n) is 5.01. The zero-order valence-electron chi connectivity index (χ0n) is 17.4. The Morgan fingerprint density at radius 3 is 2.40 bits per heavy atom. The molecule has 0 atom stereocenters. The average Bonchev–Trinajstić information content (AvgIpc) is 3.22. The van der Waals surface area contributed by atoms with Gasteiger partial charge in [0.1, 0.15) is 0 Å². The molecule has 5 heteroatoms. The monoisotopic (exact) mass is 432 g/mol. The first-order valence-electron chi connectivity index (χ1n) is 10.0. The van der Waals surface area contributed by atoms with E-state index in [1.807, 2.05) is 47.4 Å². The van der Waals surface area contributed by atoms with Gasteiger partial charge in [0, 0.05) is 4.90 Å². The van der Waals surface area contributed by atoms with E-state index in [0.29, 0.717) is 6.54 Å². The maximum absolute atomic E-state index is 13.8. The van der Waals surface area contributed by atoms with Gasteiger partial charge in [-0.25, -0.2) is 4.98 Å². The highest BCUT2D eigenvalue weighted by molar-refractivity contribution is 7.99. The molecule has 0 saturated carbocycles. The number of amides is 1. The number of carbonyl (C=O) groups is 1. The van der Waals surface area contributed by atoms with Gasteiger partial charge in [-0.2, -0.15) is 0 Å². The summed E-state index contributed by atoms with van der Waals surface area (Å²) >= 11 is 3.29. The highest BCUT2D eigenvalue weighted by Gasteiger charge is 2.24. The molecule has 1 aromatic heterocycles. The number of benzene rings is 3. The predicted molar refractivity (Wildman–Crippen MR) is 129 cm³/mol. The van der Waals surface area contributed by atoms with Crippen LogP contribution < -0.4 is 4.90 Å². The van der Waals surface area contributed by atoms with Crippen molar-refractivity contribution in [3.63, 3.8) is 0 Å². The first kappa shape index (κ1) is 20.6. The number of rotatable bonds is 6. The molecule has 0 unspecified atom stereocenters. The number of hydrogen-bond donors (Lipinski definition) is 0. The van der Waals surface area contributed by atoms with E-state index >= 15 is 0 Å². The number of aryl methyl sites for hydroxylation is 2. The summed E-state index contributed by atoms with van der Waals surface area (Å²) in [6, 6.07) is 22.2. The standard InChI is InChI=1S/C25H24N2OS2/c1-4-29-21-13-9-8-12-20(21)24(28)27(16-19-10-6-5-7-11-19)25-26-22-17(2)14-15-18(3)23(22)30-25/h5-15H,4,16H2,1-3H3. The van der Waals surface area contributed by atoms with Crippen LogP contribution in [0, 0.1) is 13.8 Å². The molecule has 1 heterocycles. The van der Waals surface area contributed by atoms with Crippen molar-refractivity contribution in [3.05, 3.63) is 89.0 Å². The average molecular weight is 433 g/mol. The van der Waals surface area contributed by atoms with E-state index < -0.39 is 0 Å². The van der Waals surface area contributed by atoms with E-state index in [2.05, 4.69) is 45.0 Å². The molecule has 30 heavy (non-hydrogen) atoms. The van der Waals surface area contributed by atoms with Gasteiger partial charge in [0.15, 0.2) is 5.13 Å². The van der Waals surface area contributed by atoms with Crippen molar-refractivity contribution in [1.82, 2.24) is 4.98 Å². The summed E-state index contributed by atoms with van der Waals surface area (Å²) in [4.78, 5) is 21.5. The molecular formula is C25H24N2OS2. The molecule has 0 aliphatic rings. The summed E-state index contributed by atoms with van der Waals surface area (Å²) < 4.78 is 1.15. The Hall–Kier alpha value is -2.63. The number of hydrogen-bond acceptors (Lipinski definition) is 4. The molecule has 3 nitrogen and oxygen atoms in total. The molecule has 1 amide bonds. The van der Waals surface area contributed by atoms with E-state index in [9.17, 15) is 4.79 Å². The largest absolute Gasteiger partial charge is 0.279 e. The zero-order chi connectivity index (χ0) is 21.1. The lowest BCUT2D eigenvalue weighted by Gasteiger charge is -2.21. The van der Waals surface area contributed by atoms with Crippen LogP contribution in [-0.2, 0) is 6.54 Å². The molecule has 0 aliphatic carbocycles. The molecule has 0 N–H and O–H groups in total. The van der Waals surface area contributed by atoms with Crippen molar-refractivity contribution >= 4 is 44.4 Å². The second-order valence-corrected chi connectivity index (χ2v) is 9.46. The Morgan fingerprint density at radius 1 is 0.967 bits per heavy atom.